The Labute approximate surface area is 107 Å². The van der Waals surface area contributed by atoms with Gasteiger partial charge in [-0.15, -0.1) is 0 Å². The quantitative estimate of drug-likeness (QED) is 0.815. The Balaban J connectivity index is 2.10. The molecule has 1 aromatic heterocycles. The van der Waals surface area contributed by atoms with E-state index in [9.17, 15) is 4.79 Å². The number of carbonyl (C=O) groups excluding carboxylic acids is 1. The fourth-order valence-corrected chi connectivity index (χ4v) is 2.33. The van der Waals surface area contributed by atoms with Crippen LogP contribution >= 0.6 is 0 Å². The number of hydrogen-bond donors (Lipinski definition) is 1. The Kier molecular flexibility index (Phi) is 4.38. The molecular formula is C13H20N2O3. The van der Waals surface area contributed by atoms with Gasteiger partial charge in [-0.1, -0.05) is 0 Å². The summed E-state index contributed by atoms with van der Waals surface area (Å²) in [5, 5.41) is 3.23. The van der Waals surface area contributed by atoms with Gasteiger partial charge in [0, 0.05) is 19.6 Å². The summed E-state index contributed by atoms with van der Waals surface area (Å²) in [6.07, 6.45) is 1.66. The minimum Gasteiger partial charge on any atom is -0.468 e. The number of piperazine rings is 1. The summed E-state index contributed by atoms with van der Waals surface area (Å²) >= 11 is 0. The topological polar surface area (TPSA) is 54.7 Å². The van der Waals surface area contributed by atoms with Crippen LogP contribution in [0.4, 0.5) is 0 Å². The smallest absolute Gasteiger partial charge is 0.324 e. The molecule has 1 aliphatic heterocycles. The molecular weight excluding hydrogens is 232 g/mol. The third-order valence-electron chi connectivity index (χ3n) is 3.30. The zero-order chi connectivity index (χ0) is 13.0. The van der Waals surface area contributed by atoms with E-state index in [1.165, 1.54) is 0 Å². The average Bonchev–Trinajstić information content (AvgIpc) is 2.92. The lowest BCUT2D eigenvalue weighted by molar-refractivity contribution is -0.151. The van der Waals surface area contributed by atoms with Crippen LogP contribution in [0.3, 0.4) is 0 Å². The van der Waals surface area contributed by atoms with Gasteiger partial charge >= 0.3 is 5.97 Å². The lowest BCUT2D eigenvalue weighted by Crippen LogP contribution is -2.55. The second kappa shape index (κ2) is 6.02. The molecule has 18 heavy (non-hydrogen) atoms. The monoisotopic (exact) mass is 252 g/mol. The van der Waals surface area contributed by atoms with E-state index in [0.29, 0.717) is 13.2 Å². The summed E-state index contributed by atoms with van der Waals surface area (Å²) in [7, 11) is 0. The largest absolute Gasteiger partial charge is 0.468 e. The number of carbonyl (C=O) groups is 1. The maximum Gasteiger partial charge on any atom is 0.324 e. The third kappa shape index (κ3) is 2.73. The van der Waals surface area contributed by atoms with Gasteiger partial charge in [-0.3, -0.25) is 9.69 Å². The normalized spacial score (nSPS) is 22.7. The molecule has 0 aliphatic carbocycles. The summed E-state index contributed by atoms with van der Waals surface area (Å²) in [5.41, 5.74) is 0. The molecule has 2 rings (SSSR count). The molecule has 2 atom stereocenters. The van der Waals surface area contributed by atoms with Crippen LogP contribution in [0.1, 0.15) is 25.6 Å². The van der Waals surface area contributed by atoms with Crippen LogP contribution in [0.25, 0.3) is 0 Å². The molecule has 2 unspecified atom stereocenters. The van der Waals surface area contributed by atoms with Gasteiger partial charge in [0.15, 0.2) is 0 Å². The maximum absolute atomic E-state index is 11.9. The van der Waals surface area contributed by atoms with Gasteiger partial charge in [0.25, 0.3) is 0 Å². The van der Waals surface area contributed by atoms with Crippen LogP contribution in [0.2, 0.25) is 0 Å². The number of nitrogens with zero attached hydrogens (tertiary/aromatic N) is 1. The summed E-state index contributed by atoms with van der Waals surface area (Å²) in [6, 6.07) is 3.65. The molecule has 0 radical (unpaired) electrons. The molecule has 5 heteroatoms. The van der Waals surface area contributed by atoms with E-state index < -0.39 is 0 Å². The molecule has 2 heterocycles. The Hall–Kier alpha value is -1.33. The van der Waals surface area contributed by atoms with Crippen LogP contribution in [0.5, 0.6) is 0 Å². The van der Waals surface area contributed by atoms with Crippen LogP contribution in [-0.4, -0.2) is 43.2 Å². The first-order chi connectivity index (χ1) is 8.74. The van der Waals surface area contributed by atoms with Crippen LogP contribution in [0.15, 0.2) is 22.8 Å². The number of nitrogens with one attached hydrogen (secondary N) is 1. The van der Waals surface area contributed by atoms with E-state index >= 15 is 0 Å². The number of furan rings is 1. The van der Waals surface area contributed by atoms with Gasteiger partial charge in [0.2, 0.25) is 0 Å². The first kappa shape index (κ1) is 13.1. The summed E-state index contributed by atoms with van der Waals surface area (Å²) in [5.74, 6) is 0.717. The second-order valence-electron chi connectivity index (χ2n) is 4.40. The SMILES string of the molecule is CCOC(=O)C1CNCCN1C(C)c1ccco1. The van der Waals surface area contributed by atoms with Crippen molar-refractivity contribution in [2.24, 2.45) is 0 Å². The fraction of sp³-hybridized carbons (Fsp3) is 0.615. The summed E-state index contributed by atoms with van der Waals surface area (Å²) in [4.78, 5) is 14.1. The van der Waals surface area contributed by atoms with Crippen molar-refractivity contribution in [3.05, 3.63) is 24.2 Å². The molecule has 0 amide bonds. The van der Waals surface area contributed by atoms with E-state index in [4.69, 9.17) is 9.15 Å². The highest BCUT2D eigenvalue weighted by Gasteiger charge is 2.34. The van der Waals surface area contributed by atoms with Gasteiger partial charge < -0.3 is 14.5 Å². The van der Waals surface area contributed by atoms with Crippen molar-refractivity contribution >= 4 is 5.97 Å². The van der Waals surface area contributed by atoms with E-state index in [1.54, 1.807) is 6.26 Å². The second-order valence-corrected chi connectivity index (χ2v) is 4.40. The lowest BCUT2D eigenvalue weighted by atomic mass is 10.1. The Morgan fingerprint density at radius 1 is 1.72 bits per heavy atom. The Morgan fingerprint density at radius 2 is 2.56 bits per heavy atom. The molecule has 1 saturated heterocycles. The van der Waals surface area contributed by atoms with Crippen molar-refractivity contribution in [2.75, 3.05) is 26.2 Å². The van der Waals surface area contributed by atoms with Crippen molar-refractivity contribution < 1.29 is 13.9 Å². The molecule has 0 bridgehead atoms. The molecule has 5 nitrogen and oxygen atoms in total. The highest BCUT2D eigenvalue weighted by atomic mass is 16.5. The number of hydrogen-bond acceptors (Lipinski definition) is 5. The molecule has 1 fully saturated rings. The summed E-state index contributed by atoms with van der Waals surface area (Å²) < 4.78 is 10.6. The lowest BCUT2D eigenvalue weighted by Gasteiger charge is -2.37. The van der Waals surface area contributed by atoms with Crippen LogP contribution < -0.4 is 5.32 Å². The van der Waals surface area contributed by atoms with Crippen LogP contribution in [-0.2, 0) is 9.53 Å². The molecule has 1 N–H and O–H groups in total. The van der Waals surface area contributed by atoms with Gasteiger partial charge in [-0.2, -0.15) is 0 Å². The highest BCUT2D eigenvalue weighted by molar-refractivity contribution is 5.76. The zero-order valence-electron chi connectivity index (χ0n) is 10.9. The first-order valence-electron chi connectivity index (χ1n) is 6.40. The minimum absolute atomic E-state index is 0.0801. The highest BCUT2D eigenvalue weighted by Crippen LogP contribution is 2.24. The third-order valence-corrected chi connectivity index (χ3v) is 3.30. The average molecular weight is 252 g/mol. The fourth-order valence-electron chi connectivity index (χ4n) is 2.33. The van der Waals surface area contributed by atoms with Crippen molar-refractivity contribution in [1.82, 2.24) is 10.2 Å². The molecule has 0 aromatic carbocycles. The van der Waals surface area contributed by atoms with Crippen LogP contribution in [0, 0.1) is 0 Å². The van der Waals surface area contributed by atoms with Gasteiger partial charge in [-0.05, 0) is 26.0 Å². The van der Waals surface area contributed by atoms with Gasteiger partial charge in [-0.25, -0.2) is 0 Å². The minimum atomic E-state index is -0.237. The van der Waals surface area contributed by atoms with E-state index in [2.05, 4.69) is 17.1 Å². The zero-order valence-corrected chi connectivity index (χ0v) is 10.9. The van der Waals surface area contributed by atoms with Crippen molar-refractivity contribution in [2.45, 2.75) is 25.9 Å². The van der Waals surface area contributed by atoms with Crippen molar-refractivity contribution in [1.29, 1.82) is 0 Å². The Bertz CT molecular complexity index is 378. The number of rotatable bonds is 4. The van der Waals surface area contributed by atoms with Gasteiger partial charge in [0.05, 0.1) is 18.9 Å². The predicted octanol–water partition coefficient (Wildman–Crippen LogP) is 1.18. The molecule has 0 spiro atoms. The molecule has 0 saturated carbocycles. The molecule has 1 aromatic rings. The first-order valence-corrected chi connectivity index (χ1v) is 6.40. The standard InChI is InChI=1S/C13H20N2O3/c1-3-17-13(16)11-9-14-6-7-15(11)10(2)12-5-4-8-18-12/h4-5,8,10-11,14H,3,6-7,9H2,1-2H3. The van der Waals surface area contributed by atoms with Crippen molar-refractivity contribution in [3.8, 4) is 0 Å². The molecule has 1 aliphatic rings. The Morgan fingerprint density at radius 3 is 3.22 bits per heavy atom. The van der Waals surface area contributed by atoms with E-state index in [-0.39, 0.29) is 18.1 Å². The number of esters is 1. The van der Waals surface area contributed by atoms with E-state index in [1.807, 2.05) is 19.1 Å². The maximum atomic E-state index is 11.9. The van der Waals surface area contributed by atoms with Crippen molar-refractivity contribution in [3.63, 3.8) is 0 Å². The molecule has 100 valence electrons. The van der Waals surface area contributed by atoms with Gasteiger partial charge in [0.1, 0.15) is 11.8 Å². The van der Waals surface area contributed by atoms with E-state index in [0.717, 1.165) is 18.8 Å². The predicted molar refractivity (Wildman–Crippen MR) is 67.1 cm³/mol. The summed E-state index contributed by atoms with van der Waals surface area (Å²) in [6.45, 7) is 6.61. The number of ether oxygens (including phenoxy) is 1.